The highest BCUT2D eigenvalue weighted by atomic mass is 16.5. The van der Waals surface area contributed by atoms with E-state index in [1.54, 1.807) is 6.08 Å². The van der Waals surface area contributed by atoms with Crippen LogP contribution >= 0.6 is 0 Å². The predicted octanol–water partition coefficient (Wildman–Crippen LogP) is 2.11. The lowest BCUT2D eigenvalue weighted by atomic mass is 9.98. The highest BCUT2D eigenvalue weighted by Crippen LogP contribution is 2.35. The molecule has 3 nitrogen and oxygen atoms in total. The molecular weight excluding hydrogens is 190 g/mol. The van der Waals surface area contributed by atoms with Crippen LogP contribution in [0.2, 0.25) is 0 Å². The van der Waals surface area contributed by atoms with Crippen molar-refractivity contribution in [2.45, 2.75) is 18.9 Å². The number of hydrogen-bond acceptors (Lipinski definition) is 3. The average Bonchev–Trinajstić information content (AvgIpc) is 2.26. The largest absolute Gasteiger partial charge is 0.457 e. The summed E-state index contributed by atoms with van der Waals surface area (Å²) in [6.45, 7) is 0. The van der Waals surface area contributed by atoms with Crippen LogP contribution in [-0.2, 0) is 4.79 Å². The number of hydrogen-bond donors (Lipinski definition) is 1. The molecule has 0 spiro atoms. The van der Waals surface area contributed by atoms with Crippen molar-refractivity contribution in [1.29, 1.82) is 0 Å². The van der Waals surface area contributed by atoms with E-state index in [0.717, 1.165) is 23.6 Å². The minimum absolute atomic E-state index is 0.155. The first-order valence-corrected chi connectivity index (χ1v) is 5.11. The van der Waals surface area contributed by atoms with Crippen LogP contribution in [0.1, 0.15) is 12.8 Å². The van der Waals surface area contributed by atoms with Gasteiger partial charge in [0, 0.05) is 12.5 Å². The molecule has 2 aliphatic rings. The summed E-state index contributed by atoms with van der Waals surface area (Å²) in [7, 11) is 0. The molecule has 0 bridgehead atoms. The lowest BCUT2D eigenvalue weighted by Crippen LogP contribution is -2.33. The van der Waals surface area contributed by atoms with Crippen LogP contribution in [0.3, 0.4) is 0 Å². The quantitative estimate of drug-likeness (QED) is 0.698. The molecule has 1 N–H and O–H groups in total. The van der Waals surface area contributed by atoms with Crippen LogP contribution in [0, 0.1) is 0 Å². The SMILES string of the molecule is O=C1C=C2Oc3ccccc3NC2CC1. The van der Waals surface area contributed by atoms with E-state index in [9.17, 15) is 4.79 Å². The van der Waals surface area contributed by atoms with E-state index in [-0.39, 0.29) is 11.8 Å². The molecule has 0 radical (unpaired) electrons. The van der Waals surface area contributed by atoms with Gasteiger partial charge < -0.3 is 10.1 Å². The van der Waals surface area contributed by atoms with Crippen LogP contribution in [0.25, 0.3) is 0 Å². The Labute approximate surface area is 87.7 Å². The van der Waals surface area contributed by atoms with Gasteiger partial charge in [-0.25, -0.2) is 0 Å². The van der Waals surface area contributed by atoms with Crippen LogP contribution in [0.15, 0.2) is 36.1 Å². The van der Waals surface area contributed by atoms with E-state index < -0.39 is 0 Å². The number of para-hydroxylation sites is 2. The number of nitrogens with one attached hydrogen (secondary N) is 1. The molecule has 3 rings (SSSR count). The molecule has 0 saturated heterocycles. The number of fused-ring (bicyclic) bond motifs is 2. The van der Waals surface area contributed by atoms with Gasteiger partial charge in [-0.3, -0.25) is 4.79 Å². The van der Waals surface area contributed by atoms with Crippen LogP contribution in [-0.4, -0.2) is 11.8 Å². The summed E-state index contributed by atoms with van der Waals surface area (Å²) in [5.74, 6) is 1.71. The fourth-order valence-corrected chi connectivity index (χ4v) is 1.99. The Morgan fingerprint density at radius 1 is 1.33 bits per heavy atom. The first-order chi connectivity index (χ1) is 7.33. The summed E-state index contributed by atoms with van der Waals surface area (Å²) in [6.07, 6.45) is 3.03. The van der Waals surface area contributed by atoms with Gasteiger partial charge in [0.15, 0.2) is 5.78 Å². The molecule has 1 unspecified atom stereocenters. The number of ether oxygens (including phenoxy) is 1. The summed E-state index contributed by atoms with van der Waals surface area (Å²) >= 11 is 0. The highest BCUT2D eigenvalue weighted by molar-refractivity contribution is 5.91. The molecule has 1 atom stereocenters. The van der Waals surface area contributed by atoms with Crippen molar-refractivity contribution in [1.82, 2.24) is 0 Å². The third-order valence-electron chi connectivity index (χ3n) is 2.77. The Morgan fingerprint density at radius 2 is 2.20 bits per heavy atom. The number of ketones is 1. The molecule has 15 heavy (non-hydrogen) atoms. The van der Waals surface area contributed by atoms with Gasteiger partial charge in [-0.2, -0.15) is 0 Å². The zero-order valence-corrected chi connectivity index (χ0v) is 8.19. The third kappa shape index (κ3) is 1.40. The van der Waals surface area contributed by atoms with Gasteiger partial charge in [0.2, 0.25) is 0 Å². The van der Waals surface area contributed by atoms with E-state index in [1.807, 2.05) is 24.3 Å². The molecule has 0 amide bonds. The topological polar surface area (TPSA) is 38.3 Å². The zero-order chi connectivity index (χ0) is 10.3. The van der Waals surface area contributed by atoms with Gasteiger partial charge in [0.25, 0.3) is 0 Å². The van der Waals surface area contributed by atoms with Crippen molar-refractivity contribution in [3.05, 3.63) is 36.1 Å². The van der Waals surface area contributed by atoms with Gasteiger partial charge in [-0.1, -0.05) is 12.1 Å². The van der Waals surface area contributed by atoms with E-state index >= 15 is 0 Å². The molecule has 0 fully saturated rings. The smallest absolute Gasteiger partial charge is 0.159 e. The molecule has 1 aromatic carbocycles. The van der Waals surface area contributed by atoms with Crippen molar-refractivity contribution >= 4 is 11.5 Å². The molecule has 0 aromatic heterocycles. The molecule has 1 heterocycles. The standard InChI is InChI=1S/C12H11NO2/c14-8-5-6-10-12(7-8)15-11-4-2-1-3-9(11)13-10/h1-4,7,10,13H,5-6H2. The average molecular weight is 201 g/mol. The molecule has 3 heteroatoms. The van der Waals surface area contributed by atoms with E-state index in [2.05, 4.69) is 5.32 Å². The first-order valence-electron chi connectivity index (χ1n) is 5.11. The number of rotatable bonds is 0. The number of carbonyl (C=O) groups excluding carboxylic acids is 1. The maximum atomic E-state index is 11.2. The van der Waals surface area contributed by atoms with Crippen molar-refractivity contribution < 1.29 is 9.53 Å². The monoisotopic (exact) mass is 201 g/mol. The molecule has 76 valence electrons. The lowest BCUT2D eigenvalue weighted by Gasteiger charge is -2.31. The summed E-state index contributed by atoms with van der Waals surface area (Å²) in [6, 6.07) is 7.95. The second kappa shape index (κ2) is 3.12. The normalized spacial score (nSPS) is 23.1. The lowest BCUT2D eigenvalue weighted by molar-refractivity contribution is -0.115. The number of benzene rings is 1. The van der Waals surface area contributed by atoms with Crippen molar-refractivity contribution in [3.63, 3.8) is 0 Å². The summed E-state index contributed by atoms with van der Waals surface area (Å²) in [5, 5.41) is 3.37. The predicted molar refractivity (Wildman–Crippen MR) is 56.8 cm³/mol. The fraction of sp³-hybridized carbons (Fsp3) is 0.250. The van der Waals surface area contributed by atoms with Crippen LogP contribution < -0.4 is 10.1 Å². The van der Waals surface area contributed by atoms with Crippen molar-refractivity contribution in [2.75, 3.05) is 5.32 Å². The maximum Gasteiger partial charge on any atom is 0.159 e. The van der Waals surface area contributed by atoms with Crippen LogP contribution in [0.5, 0.6) is 5.75 Å². The Kier molecular flexibility index (Phi) is 1.78. The molecule has 1 aliphatic heterocycles. The van der Waals surface area contributed by atoms with Gasteiger partial charge in [0.1, 0.15) is 11.5 Å². The molecule has 1 aromatic rings. The first kappa shape index (κ1) is 8.53. The van der Waals surface area contributed by atoms with Crippen LogP contribution in [0.4, 0.5) is 5.69 Å². The number of anilines is 1. The second-order valence-electron chi connectivity index (χ2n) is 3.85. The summed E-state index contributed by atoms with van der Waals surface area (Å²) < 4.78 is 5.68. The second-order valence-corrected chi connectivity index (χ2v) is 3.85. The minimum atomic E-state index is 0.155. The number of carbonyl (C=O) groups is 1. The van der Waals surface area contributed by atoms with E-state index in [1.165, 1.54) is 0 Å². The highest BCUT2D eigenvalue weighted by Gasteiger charge is 2.28. The van der Waals surface area contributed by atoms with E-state index in [4.69, 9.17) is 4.74 Å². The Balaban J connectivity index is 2.01. The van der Waals surface area contributed by atoms with E-state index in [0.29, 0.717) is 6.42 Å². The Hall–Kier alpha value is -1.77. The molecule has 0 saturated carbocycles. The minimum Gasteiger partial charge on any atom is -0.457 e. The van der Waals surface area contributed by atoms with Gasteiger partial charge in [-0.05, 0) is 18.6 Å². The molecule has 1 aliphatic carbocycles. The number of allylic oxidation sites excluding steroid dienone is 1. The third-order valence-corrected chi connectivity index (χ3v) is 2.77. The zero-order valence-electron chi connectivity index (χ0n) is 8.19. The summed E-state index contributed by atoms with van der Waals surface area (Å²) in [4.78, 5) is 11.2. The Morgan fingerprint density at radius 3 is 3.13 bits per heavy atom. The van der Waals surface area contributed by atoms with Crippen molar-refractivity contribution in [2.24, 2.45) is 0 Å². The van der Waals surface area contributed by atoms with Gasteiger partial charge in [0.05, 0.1) is 11.7 Å². The van der Waals surface area contributed by atoms with Crippen molar-refractivity contribution in [3.8, 4) is 5.75 Å². The fourth-order valence-electron chi connectivity index (χ4n) is 1.99. The van der Waals surface area contributed by atoms with Gasteiger partial charge in [-0.15, -0.1) is 0 Å². The summed E-state index contributed by atoms with van der Waals surface area (Å²) in [5.41, 5.74) is 1.01. The molecular formula is C12H11NO2. The Bertz CT molecular complexity index is 451. The maximum absolute atomic E-state index is 11.2. The van der Waals surface area contributed by atoms with Gasteiger partial charge >= 0.3 is 0 Å².